The highest BCUT2D eigenvalue weighted by Gasteiger charge is 2.34. The number of aromatic nitrogens is 1. The van der Waals surface area contributed by atoms with E-state index in [1.54, 1.807) is 6.07 Å². The monoisotopic (exact) mass is 558 g/mol. The predicted molar refractivity (Wildman–Crippen MR) is 144 cm³/mol. The van der Waals surface area contributed by atoms with Gasteiger partial charge in [0.2, 0.25) is 0 Å². The third kappa shape index (κ3) is 6.72. The minimum atomic E-state index is -4.62. The first-order chi connectivity index (χ1) is 18.9. The van der Waals surface area contributed by atoms with Crippen LogP contribution in [0.3, 0.4) is 0 Å². The Morgan fingerprint density at radius 3 is 2.52 bits per heavy atom. The van der Waals surface area contributed by atoms with E-state index in [0.717, 1.165) is 42.3 Å². The number of nitrogens with one attached hydrogen (secondary N) is 1. The number of benzene rings is 2. The van der Waals surface area contributed by atoms with Gasteiger partial charge in [0.1, 0.15) is 12.4 Å². The fraction of sp³-hybridized carbons (Fsp3) is 0.433. The molecule has 1 aliphatic rings. The number of amides is 1. The second kappa shape index (κ2) is 11.8. The fourth-order valence-electron chi connectivity index (χ4n) is 4.92. The summed E-state index contributed by atoms with van der Waals surface area (Å²) in [6.07, 6.45) is -2.29. The number of nitrogens with zero attached hydrogens (tertiary/aromatic N) is 1. The number of ether oxygens (including phenoxy) is 3. The van der Waals surface area contributed by atoms with Crippen molar-refractivity contribution < 1.29 is 37.0 Å². The summed E-state index contributed by atoms with van der Waals surface area (Å²) in [5.41, 5.74) is 1.59. The van der Waals surface area contributed by atoms with Gasteiger partial charge in [-0.2, -0.15) is 13.2 Å². The number of methoxy groups -OCH3 is 1. The van der Waals surface area contributed by atoms with Gasteiger partial charge in [-0.15, -0.1) is 0 Å². The van der Waals surface area contributed by atoms with E-state index in [4.69, 9.17) is 19.2 Å². The Labute approximate surface area is 231 Å². The van der Waals surface area contributed by atoms with Gasteiger partial charge >= 0.3 is 12.1 Å². The molecular weight excluding hydrogens is 525 g/mol. The fourth-order valence-corrected chi connectivity index (χ4v) is 4.92. The molecule has 0 saturated heterocycles. The number of hydrogen-bond donors (Lipinski definition) is 1. The number of para-hydroxylation sites is 1. The van der Waals surface area contributed by atoms with Gasteiger partial charge < -0.3 is 19.5 Å². The van der Waals surface area contributed by atoms with E-state index in [0.29, 0.717) is 28.8 Å². The van der Waals surface area contributed by atoms with E-state index in [-0.39, 0.29) is 30.1 Å². The van der Waals surface area contributed by atoms with Crippen molar-refractivity contribution in [1.82, 2.24) is 4.98 Å². The molecule has 7 nitrogen and oxygen atoms in total. The normalized spacial score (nSPS) is 15.4. The molecule has 0 bridgehead atoms. The molecule has 3 aromatic rings. The Morgan fingerprint density at radius 1 is 1.07 bits per heavy atom. The van der Waals surface area contributed by atoms with Crippen LogP contribution in [0.25, 0.3) is 10.9 Å². The van der Waals surface area contributed by atoms with Crippen molar-refractivity contribution in [3.05, 3.63) is 64.8 Å². The lowest BCUT2D eigenvalue weighted by Crippen LogP contribution is -2.29. The Kier molecular flexibility index (Phi) is 8.68. The number of carbonyl (C=O) groups is 2. The maximum Gasteiger partial charge on any atom is 0.416 e. The highest BCUT2D eigenvalue weighted by molar-refractivity contribution is 6.06. The zero-order valence-electron chi connectivity index (χ0n) is 23.0. The highest BCUT2D eigenvalue weighted by Crippen LogP contribution is 2.40. The molecule has 0 spiro atoms. The van der Waals surface area contributed by atoms with Crippen LogP contribution in [0.2, 0.25) is 0 Å². The minimum Gasteiger partial charge on any atom is -0.489 e. The van der Waals surface area contributed by atoms with Crippen molar-refractivity contribution in [3.8, 4) is 5.75 Å². The second-order valence-corrected chi connectivity index (χ2v) is 10.9. The molecule has 2 aromatic carbocycles. The summed E-state index contributed by atoms with van der Waals surface area (Å²) in [6.45, 7) is 6.07. The van der Waals surface area contributed by atoms with Crippen LogP contribution in [0.5, 0.6) is 5.75 Å². The van der Waals surface area contributed by atoms with E-state index in [1.165, 1.54) is 7.11 Å². The molecule has 1 aromatic heterocycles. The maximum atomic E-state index is 13.5. The number of fused-ring (bicyclic) bond motifs is 2. The molecule has 0 radical (unpaired) electrons. The van der Waals surface area contributed by atoms with Gasteiger partial charge in [-0.25, -0.2) is 4.79 Å². The number of halogens is 3. The molecule has 40 heavy (non-hydrogen) atoms. The number of esters is 1. The van der Waals surface area contributed by atoms with E-state index in [2.05, 4.69) is 26.1 Å². The smallest absolute Gasteiger partial charge is 0.416 e. The zero-order chi connectivity index (χ0) is 29.1. The summed E-state index contributed by atoms with van der Waals surface area (Å²) < 4.78 is 55.7. The third-order valence-corrected chi connectivity index (χ3v) is 7.15. The summed E-state index contributed by atoms with van der Waals surface area (Å²) in [4.78, 5) is 31.0. The first-order valence-electron chi connectivity index (χ1n) is 13.1. The summed E-state index contributed by atoms with van der Waals surface area (Å²) >= 11 is 0. The number of aryl methyl sites for hydroxylation is 1. The number of carbonyl (C=O) groups excluding carboxylic acids is 2. The highest BCUT2D eigenvalue weighted by atomic mass is 19.4. The zero-order valence-corrected chi connectivity index (χ0v) is 23.0. The SMILES string of the molecule is COCCOc1ccc(C(F)(F)F)cc1NC(=O)COC(=O)c1c2c(nc3ccccc13)CC[C@@H](C(C)(C)C)C2. The molecule has 1 heterocycles. The standard InChI is InChI=1S/C30H33F3N2O5/c1-29(2,3)18-9-11-23-21(15-18)27(20-7-5-6-8-22(20)34-23)28(37)40-17-26(36)35-24-16-19(30(31,32)33)10-12-25(24)39-14-13-38-4/h5-8,10,12,16,18H,9,11,13-15,17H2,1-4H3,(H,35,36)/t18-/m1/s1. The maximum absolute atomic E-state index is 13.5. The molecular formula is C30H33F3N2O5. The van der Waals surface area contributed by atoms with Crippen LogP contribution >= 0.6 is 0 Å². The van der Waals surface area contributed by atoms with Gasteiger partial charge in [-0.05, 0) is 60.4 Å². The Balaban J connectivity index is 1.56. The average molecular weight is 559 g/mol. The molecule has 10 heteroatoms. The largest absolute Gasteiger partial charge is 0.489 e. The molecule has 0 aliphatic heterocycles. The first-order valence-corrected chi connectivity index (χ1v) is 13.1. The van der Waals surface area contributed by atoms with Gasteiger partial charge in [-0.3, -0.25) is 9.78 Å². The second-order valence-electron chi connectivity index (χ2n) is 10.9. The van der Waals surface area contributed by atoms with Crippen LogP contribution in [0, 0.1) is 11.3 Å². The van der Waals surface area contributed by atoms with Gasteiger partial charge in [0.25, 0.3) is 5.91 Å². The van der Waals surface area contributed by atoms with E-state index in [9.17, 15) is 22.8 Å². The van der Waals surface area contributed by atoms with Crippen LogP contribution in [0.4, 0.5) is 18.9 Å². The average Bonchev–Trinajstić information content (AvgIpc) is 2.89. The van der Waals surface area contributed by atoms with Gasteiger partial charge in [0.15, 0.2) is 6.61 Å². The molecule has 1 N–H and O–H groups in total. The van der Waals surface area contributed by atoms with Gasteiger partial charge in [0.05, 0.1) is 28.9 Å². The summed E-state index contributed by atoms with van der Waals surface area (Å²) in [5.74, 6) is -1.12. The number of hydrogen-bond acceptors (Lipinski definition) is 6. The van der Waals surface area contributed by atoms with Crippen molar-refractivity contribution >= 4 is 28.5 Å². The van der Waals surface area contributed by atoms with Crippen LogP contribution in [-0.4, -0.2) is 43.8 Å². The van der Waals surface area contributed by atoms with E-state index in [1.807, 2.05) is 18.2 Å². The lowest BCUT2D eigenvalue weighted by molar-refractivity contribution is -0.137. The third-order valence-electron chi connectivity index (χ3n) is 7.15. The summed E-state index contributed by atoms with van der Waals surface area (Å²) in [7, 11) is 1.46. The lowest BCUT2D eigenvalue weighted by atomic mass is 9.70. The van der Waals surface area contributed by atoms with Crippen molar-refractivity contribution in [2.24, 2.45) is 11.3 Å². The van der Waals surface area contributed by atoms with Gasteiger partial charge in [0, 0.05) is 18.2 Å². The molecule has 1 atom stereocenters. The molecule has 214 valence electrons. The van der Waals surface area contributed by atoms with Crippen molar-refractivity contribution in [2.45, 2.75) is 46.2 Å². The topological polar surface area (TPSA) is 86.8 Å². The van der Waals surface area contributed by atoms with Crippen LogP contribution in [0.15, 0.2) is 42.5 Å². The molecule has 0 saturated carbocycles. The molecule has 1 amide bonds. The molecule has 4 rings (SSSR count). The van der Waals surface area contributed by atoms with Crippen LogP contribution < -0.4 is 10.1 Å². The predicted octanol–water partition coefficient (Wildman–Crippen LogP) is 6.23. The van der Waals surface area contributed by atoms with Crippen molar-refractivity contribution in [1.29, 1.82) is 0 Å². The summed E-state index contributed by atoms with van der Waals surface area (Å²) in [5, 5.41) is 3.02. The van der Waals surface area contributed by atoms with Crippen LogP contribution in [-0.2, 0) is 33.3 Å². The Hall–Kier alpha value is -3.66. The Bertz CT molecular complexity index is 1400. The van der Waals surface area contributed by atoms with E-state index < -0.39 is 30.2 Å². The summed E-state index contributed by atoms with van der Waals surface area (Å²) in [6, 6.07) is 10.0. The Morgan fingerprint density at radius 2 is 1.82 bits per heavy atom. The number of anilines is 1. The first kappa shape index (κ1) is 29.3. The molecule has 0 fully saturated rings. The number of alkyl halides is 3. The van der Waals surface area contributed by atoms with Gasteiger partial charge in [-0.1, -0.05) is 39.0 Å². The van der Waals surface area contributed by atoms with Crippen LogP contribution in [0.1, 0.15) is 54.4 Å². The number of rotatable bonds is 8. The quantitative estimate of drug-likeness (QED) is 0.261. The van der Waals surface area contributed by atoms with E-state index >= 15 is 0 Å². The minimum absolute atomic E-state index is 0.0262. The molecule has 0 unspecified atom stereocenters. The lowest BCUT2D eigenvalue weighted by Gasteiger charge is -2.35. The van der Waals surface area contributed by atoms with Crippen molar-refractivity contribution in [2.75, 3.05) is 32.2 Å². The number of pyridine rings is 1. The molecule has 1 aliphatic carbocycles. The van der Waals surface area contributed by atoms with Crippen molar-refractivity contribution in [3.63, 3.8) is 0 Å².